The van der Waals surface area contributed by atoms with Crippen molar-refractivity contribution >= 4 is 23.4 Å². The Balaban J connectivity index is 2.04. The standard InChI is InChI=1S/C13H20ClN3OS/c1-8(2)18-12-15-11(14)16-13(17-12)19-10-6-4-5-9(3)7-10/h8-10H,4-7H2,1-3H3. The molecule has 19 heavy (non-hydrogen) atoms. The summed E-state index contributed by atoms with van der Waals surface area (Å²) in [6, 6.07) is 0.321. The molecule has 0 spiro atoms. The van der Waals surface area contributed by atoms with Gasteiger partial charge in [-0.1, -0.05) is 31.5 Å². The van der Waals surface area contributed by atoms with Gasteiger partial charge >= 0.3 is 6.01 Å². The SMILES string of the molecule is CC1CCCC(Sc2nc(Cl)nc(OC(C)C)n2)C1. The van der Waals surface area contributed by atoms with Crippen LogP contribution in [0.4, 0.5) is 0 Å². The molecule has 1 fully saturated rings. The number of ether oxygens (including phenoxy) is 1. The molecule has 106 valence electrons. The summed E-state index contributed by atoms with van der Waals surface area (Å²) in [5.41, 5.74) is 0. The van der Waals surface area contributed by atoms with Crippen molar-refractivity contribution in [3.63, 3.8) is 0 Å². The van der Waals surface area contributed by atoms with Gasteiger partial charge in [0.25, 0.3) is 0 Å². The second kappa shape index (κ2) is 6.75. The van der Waals surface area contributed by atoms with Gasteiger partial charge in [0.2, 0.25) is 5.28 Å². The number of nitrogens with zero attached hydrogens (tertiary/aromatic N) is 3. The Labute approximate surface area is 123 Å². The van der Waals surface area contributed by atoms with Crippen molar-refractivity contribution in [2.45, 2.75) is 63.0 Å². The molecule has 2 rings (SSSR count). The van der Waals surface area contributed by atoms with Gasteiger partial charge in [0.05, 0.1) is 6.10 Å². The summed E-state index contributed by atoms with van der Waals surface area (Å²) >= 11 is 7.62. The summed E-state index contributed by atoms with van der Waals surface area (Å²) in [6.07, 6.45) is 5.09. The van der Waals surface area contributed by atoms with Gasteiger partial charge in [0.1, 0.15) is 0 Å². The molecule has 0 bridgehead atoms. The Morgan fingerprint density at radius 2 is 2.05 bits per heavy atom. The van der Waals surface area contributed by atoms with Gasteiger partial charge in [-0.3, -0.25) is 0 Å². The molecule has 1 aromatic rings. The number of halogens is 1. The number of thioether (sulfide) groups is 1. The van der Waals surface area contributed by atoms with E-state index in [2.05, 4.69) is 21.9 Å². The number of rotatable bonds is 4. The zero-order valence-corrected chi connectivity index (χ0v) is 13.2. The first-order valence-corrected chi connectivity index (χ1v) is 8.03. The van der Waals surface area contributed by atoms with Crippen molar-refractivity contribution in [1.82, 2.24) is 15.0 Å². The minimum absolute atomic E-state index is 0.0334. The summed E-state index contributed by atoms with van der Waals surface area (Å²) < 4.78 is 5.49. The van der Waals surface area contributed by atoms with Crippen LogP contribution >= 0.6 is 23.4 Å². The number of aromatic nitrogens is 3. The second-order valence-corrected chi connectivity index (χ2v) is 6.95. The lowest BCUT2D eigenvalue weighted by Crippen LogP contribution is -2.16. The summed E-state index contributed by atoms with van der Waals surface area (Å²) in [5.74, 6) is 0.787. The third-order valence-corrected chi connectivity index (χ3v) is 4.39. The van der Waals surface area contributed by atoms with Crippen LogP contribution in [0.25, 0.3) is 0 Å². The molecule has 1 aliphatic carbocycles. The Morgan fingerprint density at radius 1 is 1.26 bits per heavy atom. The Kier molecular flexibility index (Phi) is 5.28. The highest BCUT2D eigenvalue weighted by atomic mass is 35.5. The van der Waals surface area contributed by atoms with Gasteiger partial charge < -0.3 is 4.74 Å². The molecule has 2 atom stereocenters. The summed E-state index contributed by atoms with van der Waals surface area (Å²) in [5, 5.41) is 1.46. The lowest BCUT2D eigenvalue weighted by atomic mass is 9.91. The van der Waals surface area contributed by atoms with Crippen LogP contribution in [0.1, 0.15) is 46.5 Å². The molecule has 0 aromatic carbocycles. The fourth-order valence-corrected chi connectivity index (χ4v) is 3.75. The summed E-state index contributed by atoms with van der Waals surface area (Å²) in [7, 11) is 0. The van der Waals surface area contributed by atoms with E-state index in [-0.39, 0.29) is 11.4 Å². The van der Waals surface area contributed by atoms with Gasteiger partial charge in [-0.05, 0) is 44.2 Å². The summed E-state index contributed by atoms with van der Waals surface area (Å²) in [4.78, 5) is 12.5. The highest BCUT2D eigenvalue weighted by molar-refractivity contribution is 7.99. The average Bonchev–Trinajstić information content (AvgIpc) is 2.26. The van der Waals surface area contributed by atoms with Gasteiger partial charge in [0, 0.05) is 5.25 Å². The van der Waals surface area contributed by atoms with E-state index in [9.17, 15) is 0 Å². The third-order valence-electron chi connectivity index (χ3n) is 3.07. The molecule has 2 unspecified atom stereocenters. The second-order valence-electron chi connectivity index (χ2n) is 5.35. The molecule has 1 aromatic heterocycles. The highest BCUT2D eigenvalue weighted by Gasteiger charge is 2.21. The molecule has 1 heterocycles. The van der Waals surface area contributed by atoms with Gasteiger partial charge in [0.15, 0.2) is 5.16 Å². The van der Waals surface area contributed by atoms with E-state index in [4.69, 9.17) is 16.3 Å². The minimum atomic E-state index is 0.0334. The Hall–Kier alpha value is -0.550. The predicted octanol–water partition coefficient (Wildman–Crippen LogP) is 3.98. The van der Waals surface area contributed by atoms with E-state index in [1.54, 1.807) is 11.8 Å². The average molecular weight is 302 g/mol. The van der Waals surface area contributed by atoms with Crippen LogP contribution in [-0.4, -0.2) is 26.3 Å². The van der Waals surface area contributed by atoms with Crippen molar-refractivity contribution in [1.29, 1.82) is 0 Å². The van der Waals surface area contributed by atoms with Crippen molar-refractivity contribution in [2.24, 2.45) is 5.92 Å². The van der Waals surface area contributed by atoms with Crippen LogP contribution in [-0.2, 0) is 0 Å². The number of hydrogen-bond donors (Lipinski definition) is 0. The molecular weight excluding hydrogens is 282 g/mol. The minimum Gasteiger partial charge on any atom is -0.461 e. The van der Waals surface area contributed by atoms with Crippen molar-refractivity contribution in [3.05, 3.63) is 5.28 Å². The monoisotopic (exact) mass is 301 g/mol. The van der Waals surface area contributed by atoms with Crippen molar-refractivity contribution in [3.8, 4) is 6.01 Å². The smallest absolute Gasteiger partial charge is 0.321 e. The molecule has 6 heteroatoms. The van der Waals surface area contributed by atoms with Crippen molar-refractivity contribution < 1.29 is 4.74 Å². The topological polar surface area (TPSA) is 47.9 Å². The lowest BCUT2D eigenvalue weighted by molar-refractivity contribution is 0.219. The third kappa shape index (κ3) is 4.80. The van der Waals surface area contributed by atoms with Crippen LogP contribution < -0.4 is 4.74 Å². The first-order valence-electron chi connectivity index (χ1n) is 6.78. The molecule has 0 amide bonds. The highest BCUT2D eigenvalue weighted by Crippen LogP contribution is 2.35. The van der Waals surface area contributed by atoms with Gasteiger partial charge in [-0.15, -0.1) is 0 Å². The van der Waals surface area contributed by atoms with Crippen LogP contribution in [0.3, 0.4) is 0 Å². The fourth-order valence-electron chi connectivity index (χ4n) is 2.27. The molecule has 4 nitrogen and oxygen atoms in total. The quantitative estimate of drug-likeness (QED) is 0.841. The fraction of sp³-hybridized carbons (Fsp3) is 0.769. The zero-order valence-electron chi connectivity index (χ0n) is 11.6. The normalized spacial score (nSPS) is 23.6. The molecule has 1 aliphatic rings. The van der Waals surface area contributed by atoms with Crippen LogP contribution in [0.2, 0.25) is 5.28 Å². The predicted molar refractivity (Wildman–Crippen MR) is 77.9 cm³/mol. The van der Waals surface area contributed by atoms with Gasteiger partial charge in [-0.2, -0.15) is 15.0 Å². The molecule has 0 aliphatic heterocycles. The van der Waals surface area contributed by atoms with E-state index >= 15 is 0 Å². The molecule has 0 radical (unpaired) electrons. The first-order chi connectivity index (χ1) is 9.02. The van der Waals surface area contributed by atoms with Gasteiger partial charge in [-0.25, -0.2) is 0 Å². The van der Waals surface area contributed by atoms with Crippen LogP contribution in [0.5, 0.6) is 6.01 Å². The lowest BCUT2D eigenvalue weighted by Gasteiger charge is -2.25. The Morgan fingerprint density at radius 3 is 2.74 bits per heavy atom. The van der Waals surface area contributed by atoms with Crippen LogP contribution in [0.15, 0.2) is 5.16 Å². The molecular formula is C13H20ClN3OS. The Bertz CT molecular complexity index is 430. The molecule has 1 saturated carbocycles. The maximum Gasteiger partial charge on any atom is 0.321 e. The van der Waals surface area contributed by atoms with E-state index in [0.29, 0.717) is 16.4 Å². The van der Waals surface area contributed by atoms with Crippen molar-refractivity contribution in [2.75, 3.05) is 0 Å². The molecule has 0 saturated heterocycles. The number of hydrogen-bond acceptors (Lipinski definition) is 5. The van der Waals surface area contributed by atoms with E-state index in [0.717, 1.165) is 5.92 Å². The summed E-state index contributed by atoms with van der Waals surface area (Å²) in [6.45, 7) is 6.18. The maximum atomic E-state index is 5.92. The van der Waals surface area contributed by atoms with E-state index in [1.165, 1.54) is 25.7 Å². The zero-order chi connectivity index (χ0) is 13.8. The van der Waals surface area contributed by atoms with E-state index in [1.807, 2.05) is 13.8 Å². The largest absolute Gasteiger partial charge is 0.461 e. The maximum absolute atomic E-state index is 5.92. The first kappa shape index (κ1) is 14.9. The molecule has 0 N–H and O–H groups in total. The van der Waals surface area contributed by atoms with E-state index < -0.39 is 0 Å². The van der Waals surface area contributed by atoms with Crippen LogP contribution in [0, 0.1) is 5.92 Å².